The van der Waals surface area contributed by atoms with Gasteiger partial charge >= 0.3 is 6.03 Å². The number of halogens is 1. The molecular weight excluding hydrogens is 335 g/mol. The van der Waals surface area contributed by atoms with Gasteiger partial charge in [-0.25, -0.2) is 13.9 Å². The normalized spacial score (nSPS) is 10.6. The van der Waals surface area contributed by atoms with Crippen LogP contribution in [0, 0.1) is 12.7 Å². The maximum absolute atomic E-state index is 13.6. The largest absolute Gasteiger partial charge is 0.334 e. The van der Waals surface area contributed by atoms with Crippen molar-refractivity contribution in [2.75, 3.05) is 5.32 Å². The zero-order valence-electron chi connectivity index (χ0n) is 14.5. The van der Waals surface area contributed by atoms with Gasteiger partial charge in [0.2, 0.25) is 0 Å². The fraction of sp³-hybridized carbons (Fsp3) is 0.158. The van der Waals surface area contributed by atoms with E-state index in [1.54, 1.807) is 36.9 Å². The first-order valence-corrected chi connectivity index (χ1v) is 8.11. The molecule has 0 saturated carbocycles. The first-order chi connectivity index (χ1) is 12.5. The third-order valence-corrected chi connectivity index (χ3v) is 4.19. The standard InChI is InChI=1S/C19H19FN4O2/c1-13-17(18(25)24(23(13)2)15-9-4-3-5-10-15)22-19(26)21-12-14-8-6-7-11-16(14)20/h3-11H,12H2,1-2H3,(H2,21,22,26). The number of nitrogens with zero attached hydrogens (tertiary/aromatic N) is 2. The van der Waals surface area contributed by atoms with Gasteiger partial charge in [-0.05, 0) is 25.1 Å². The van der Waals surface area contributed by atoms with Crippen molar-refractivity contribution in [3.05, 3.63) is 82.0 Å². The molecule has 0 radical (unpaired) electrons. The second-order valence-electron chi connectivity index (χ2n) is 5.84. The minimum Gasteiger partial charge on any atom is -0.334 e. The molecule has 26 heavy (non-hydrogen) atoms. The lowest BCUT2D eigenvalue weighted by Crippen LogP contribution is -2.31. The Morgan fingerprint density at radius 3 is 2.42 bits per heavy atom. The lowest BCUT2D eigenvalue weighted by Gasteiger charge is -2.07. The molecule has 0 unspecified atom stereocenters. The lowest BCUT2D eigenvalue weighted by molar-refractivity contribution is 0.251. The Morgan fingerprint density at radius 2 is 1.73 bits per heavy atom. The van der Waals surface area contributed by atoms with Crippen LogP contribution < -0.4 is 16.2 Å². The van der Waals surface area contributed by atoms with Crippen molar-refractivity contribution in [2.24, 2.45) is 7.05 Å². The Kier molecular flexibility index (Phi) is 4.88. The second kappa shape index (κ2) is 7.26. The van der Waals surface area contributed by atoms with Crippen LogP contribution in [0.1, 0.15) is 11.3 Å². The number of hydrogen-bond donors (Lipinski definition) is 2. The van der Waals surface area contributed by atoms with Crippen molar-refractivity contribution in [2.45, 2.75) is 13.5 Å². The van der Waals surface area contributed by atoms with Gasteiger partial charge in [0.15, 0.2) is 0 Å². The Labute approximate surface area is 149 Å². The topological polar surface area (TPSA) is 68.1 Å². The third-order valence-electron chi connectivity index (χ3n) is 4.19. The number of carbonyl (C=O) groups is 1. The van der Waals surface area contributed by atoms with E-state index in [9.17, 15) is 14.0 Å². The minimum absolute atomic E-state index is 0.0251. The Bertz CT molecular complexity index is 993. The van der Waals surface area contributed by atoms with Gasteiger partial charge in [-0.15, -0.1) is 0 Å². The Balaban J connectivity index is 1.79. The van der Waals surface area contributed by atoms with Crippen LogP contribution in [0.5, 0.6) is 0 Å². The summed E-state index contributed by atoms with van der Waals surface area (Å²) in [5, 5.41) is 5.14. The van der Waals surface area contributed by atoms with Gasteiger partial charge in [0.1, 0.15) is 11.5 Å². The third kappa shape index (κ3) is 3.37. The van der Waals surface area contributed by atoms with Crippen LogP contribution in [0.3, 0.4) is 0 Å². The average molecular weight is 354 g/mol. The number of carbonyl (C=O) groups excluding carboxylic acids is 1. The summed E-state index contributed by atoms with van der Waals surface area (Å²) in [6, 6.07) is 14.8. The van der Waals surface area contributed by atoms with Gasteiger partial charge in [-0.1, -0.05) is 36.4 Å². The molecule has 0 bridgehead atoms. The fourth-order valence-electron chi connectivity index (χ4n) is 2.69. The van der Waals surface area contributed by atoms with E-state index in [-0.39, 0.29) is 17.8 Å². The zero-order valence-corrected chi connectivity index (χ0v) is 14.5. The summed E-state index contributed by atoms with van der Waals surface area (Å²) in [5.74, 6) is -0.393. The molecule has 2 aromatic carbocycles. The van der Waals surface area contributed by atoms with Crippen molar-refractivity contribution in [3.63, 3.8) is 0 Å². The van der Waals surface area contributed by atoms with E-state index in [2.05, 4.69) is 10.6 Å². The Morgan fingerprint density at radius 1 is 1.08 bits per heavy atom. The number of benzene rings is 2. The monoisotopic (exact) mass is 354 g/mol. The van der Waals surface area contributed by atoms with Gasteiger partial charge in [-0.3, -0.25) is 9.48 Å². The highest BCUT2D eigenvalue weighted by atomic mass is 19.1. The molecule has 1 heterocycles. The summed E-state index contributed by atoms with van der Waals surface area (Å²) in [4.78, 5) is 24.9. The highest BCUT2D eigenvalue weighted by molar-refractivity contribution is 5.89. The number of rotatable bonds is 4. The molecule has 0 aliphatic heterocycles. The smallest absolute Gasteiger partial charge is 0.319 e. The molecule has 134 valence electrons. The summed E-state index contributed by atoms with van der Waals surface area (Å²) < 4.78 is 16.8. The lowest BCUT2D eigenvalue weighted by atomic mass is 10.2. The van der Waals surface area contributed by atoms with Gasteiger partial charge < -0.3 is 10.6 Å². The Hall–Kier alpha value is -3.35. The van der Waals surface area contributed by atoms with E-state index >= 15 is 0 Å². The fourth-order valence-corrected chi connectivity index (χ4v) is 2.69. The van der Waals surface area contributed by atoms with Gasteiger partial charge in [0.25, 0.3) is 5.56 Å². The quantitative estimate of drug-likeness (QED) is 0.756. The van der Waals surface area contributed by atoms with Crippen LogP contribution in [0.25, 0.3) is 5.69 Å². The van der Waals surface area contributed by atoms with Crippen molar-refractivity contribution >= 4 is 11.7 Å². The van der Waals surface area contributed by atoms with Gasteiger partial charge in [0.05, 0.1) is 11.4 Å². The van der Waals surface area contributed by atoms with Crippen LogP contribution >= 0.6 is 0 Å². The van der Waals surface area contributed by atoms with E-state index in [0.29, 0.717) is 16.9 Å². The van der Waals surface area contributed by atoms with Crippen LogP contribution in [0.2, 0.25) is 0 Å². The first kappa shape index (κ1) is 17.5. The maximum atomic E-state index is 13.6. The molecule has 0 aliphatic carbocycles. The molecule has 6 nitrogen and oxygen atoms in total. The molecule has 0 aliphatic rings. The van der Waals surface area contributed by atoms with Crippen molar-refractivity contribution in [3.8, 4) is 5.69 Å². The summed E-state index contributed by atoms with van der Waals surface area (Å²) >= 11 is 0. The minimum atomic E-state index is -0.570. The molecule has 0 spiro atoms. The van der Waals surface area contributed by atoms with Gasteiger partial charge in [0, 0.05) is 19.2 Å². The van der Waals surface area contributed by atoms with Crippen LogP contribution in [0.15, 0.2) is 59.4 Å². The number of hydrogen-bond acceptors (Lipinski definition) is 2. The van der Waals surface area contributed by atoms with Crippen LogP contribution in [-0.2, 0) is 13.6 Å². The highest BCUT2D eigenvalue weighted by Crippen LogP contribution is 2.14. The SMILES string of the molecule is Cc1c(NC(=O)NCc2ccccc2F)c(=O)n(-c2ccccc2)n1C. The maximum Gasteiger partial charge on any atom is 0.319 e. The van der Waals surface area contributed by atoms with Crippen LogP contribution in [0.4, 0.5) is 14.9 Å². The van der Waals surface area contributed by atoms with Crippen molar-refractivity contribution in [1.82, 2.24) is 14.7 Å². The van der Waals surface area contributed by atoms with Gasteiger partial charge in [-0.2, -0.15) is 0 Å². The molecule has 3 aromatic rings. The number of urea groups is 1. The number of nitrogens with one attached hydrogen (secondary N) is 2. The summed E-state index contributed by atoms with van der Waals surface area (Å²) in [7, 11) is 1.74. The molecule has 3 rings (SSSR count). The zero-order chi connectivity index (χ0) is 18.7. The molecule has 2 amide bonds. The number of amides is 2. The van der Waals surface area contributed by atoms with Crippen molar-refractivity contribution in [1.29, 1.82) is 0 Å². The molecule has 7 heteroatoms. The molecule has 0 saturated heterocycles. The highest BCUT2D eigenvalue weighted by Gasteiger charge is 2.18. The number of anilines is 1. The van der Waals surface area contributed by atoms with E-state index in [4.69, 9.17) is 0 Å². The van der Waals surface area contributed by atoms with E-state index in [0.717, 1.165) is 0 Å². The molecule has 0 fully saturated rings. The summed E-state index contributed by atoms with van der Waals surface area (Å²) in [6.45, 7) is 1.77. The van der Waals surface area contributed by atoms with E-state index in [1.807, 2.05) is 30.3 Å². The van der Waals surface area contributed by atoms with Crippen LogP contribution in [-0.4, -0.2) is 15.4 Å². The van der Waals surface area contributed by atoms with E-state index < -0.39 is 11.8 Å². The molecule has 0 atom stereocenters. The molecule has 1 aromatic heterocycles. The second-order valence-corrected chi connectivity index (χ2v) is 5.84. The predicted octanol–water partition coefficient (Wildman–Crippen LogP) is 2.95. The predicted molar refractivity (Wildman–Crippen MR) is 98.0 cm³/mol. The first-order valence-electron chi connectivity index (χ1n) is 8.11. The average Bonchev–Trinajstić information content (AvgIpc) is 2.85. The number of aromatic nitrogens is 2. The summed E-state index contributed by atoms with van der Waals surface area (Å²) in [6.07, 6.45) is 0. The van der Waals surface area contributed by atoms with E-state index in [1.165, 1.54) is 10.7 Å². The van der Waals surface area contributed by atoms with Crippen molar-refractivity contribution < 1.29 is 9.18 Å². The molecular formula is C19H19FN4O2. The molecule has 2 N–H and O–H groups in total. The number of para-hydroxylation sites is 1. The summed E-state index contributed by atoms with van der Waals surface area (Å²) in [5.41, 5.74) is 1.52.